The number of hydrogen-bond donors (Lipinski definition) is 1. The summed E-state index contributed by atoms with van der Waals surface area (Å²) in [5.74, 6) is 1.43. The lowest BCUT2D eigenvalue weighted by Crippen LogP contribution is -2.23. The summed E-state index contributed by atoms with van der Waals surface area (Å²) >= 11 is 6.10. The molecule has 22 heavy (non-hydrogen) atoms. The Labute approximate surface area is 135 Å². The Morgan fingerprint density at radius 1 is 1.18 bits per heavy atom. The van der Waals surface area contributed by atoms with Crippen molar-refractivity contribution in [1.29, 1.82) is 0 Å². The number of hydrogen-bond acceptors (Lipinski definition) is 4. The average molecular weight is 318 g/mol. The molecule has 0 bridgehead atoms. The minimum atomic E-state index is 0.477. The lowest BCUT2D eigenvalue weighted by molar-refractivity contribution is 0.416. The van der Waals surface area contributed by atoms with Gasteiger partial charge in [0.25, 0.3) is 0 Å². The molecular formula is C17H20ClN3O. The fraction of sp³-hybridized carbons (Fsp3) is 0.412. The van der Waals surface area contributed by atoms with Gasteiger partial charge in [-0.2, -0.15) is 0 Å². The van der Waals surface area contributed by atoms with Gasteiger partial charge in [0.1, 0.15) is 5.75 Å². The van der Waals surface area contributed by atoms with Gasteiger partial charge in [0.05, 0.1) is 12.8 Å². The van der Waals surface area contributed by atoms with Gasteiger partial charge in [-0.3, -0.25) is 0 Å². The Kier molecular flexibility index (Phi) is 4.78. The van der Waals surface area contributed by atoms with Crippen LogP contribution in [0.15, 0.2) is 30.5 Å². The van der Waals surface area contributed by atoms with E-state index in [-0.39, 0.29) is 0 Å². The summed E-state index contributed by atoms with van der Waals surface area (Å²) in [6.45, 7) is 0. The van der Waals surface area contributed by atoms with Crippen LogP contribution in [0.3, 0.4) is 0 Å². The molecule has 1 saturated carbocycles. The minimum absolute atomic E-state index is 0.477. The lowest BCUT2D eigenvalue weighted by Gasteiger charge is -2.22. The van der Waals surface area contributed by atoms with E-state index in [2.05, 4.69) is 15.3 Å². The summed E-state index contributed by atoms with van der Waals surface area (Å²) in [7, 11) is 1.65. The number of aromatic nitrogens is 2. The van der Waals surface area contributed by atoms with Crippen LogP contribution in [0.5, 0.6) is 5.75 Å². The maximum Gasteiger partial charge on any atom is 0.223 e. The van der Waals surface area contributed by atoms with Crippen molar-refractivity contribution in [3.63, 3.8) is 0 Å². The number of rotatable bonds is 4. The van der Waals surface area contributed by atoms with Gasteiger partial charge in [0.2, 0.25) is 5.95 Å². The first-order chi connectivity index (χ1) is 10.8. The molecule has 4 nitrogen and oxygen atoms in total. The highest BCUT2D eigenvalue weighted by Gasteiger charge is 2.15. The molecule has 0 spiro atoms. The third-order valence-corrected chi connectivity index (χ3v) is 4.27. The maximum absolute atomic E-state index is 6.10. The van der Waals surface area contributed by atoms with Gasteiger partial charge in [-0.15, -0.1) is 0 Å². The molecule has 1 heterocycles. The van der Waals surface area contributed by atoms with Crippen LogP contribution in [0.1, 0.15) is 32.1 Å². The molecule has 1 fully saturated rings. The normalized spacial score (nSPS) is 15.5. The number of halogens is 1. The van der Waals surface area contributed by atoms with Gasteiger partial charge in [-0.25, -0.2) is 9.97 Å². The molecule has 2 aromatic rings. The smallest absolute Gasteiger partial charge is 0.223 e. The highest BCUT2D eigenvalue weighted by Crippen LogP contribution is 2.31. The first kappa shape index (κ1) is 15.1. The second-order valence-electron chi connectivity index (χ2n) is 5.59. The molecule has 1 aromatic heterocycles. The Balaban J connectivity index is 1.86. The SMILES string of the molecule is COc1ccc(Cl)cc1-c1ccnc(NC2CCCCC2)n1. The first-order valence-electron chi connectivity index (χ1n) is 7.70. The van der Waals surface area contributed by atoms with E-state index in [4.69, 9.17) is 16.3 Å². The van der Waals surface area contributed by atoms with E-state index < -0.39 is 0 Å². The van der Waals surface area contributed by atoms with Crippen molar-refractivity contribution in [1.82, 2.24) is 9.97 Å². The van der Waals surface area contributed by atoms with E-state index in [9.17, 15) is 0 Å². The quantitative estimate of drug-likeness (QED) is 0.898. The van der Waals surface area contributed by atoms with Gasteiger partial charge in [0.15, 0.2) is 0 Å². The maximum atomic E-state index is 6.10. The van der Waals surface area contributed by atoms with Crippen LogP contribution in [0, 0.1) is 0 Å². The topological polar surface area (TPSA) is 47.0 Å². The highest BCUT2D eigenvalue weighted by molar-refractivity contribution is 6.30. The Bertz CT molecular complexity index is 642. The molecule has 1 aliphatic rings. The lowest BCUT2D eigenvalue weighted by atomic mass is 9.96. The molecule has 5 heteroatoms. The summed E-state index contributed by atoms with van der Waals surface area (Å²) < 4.78 is 5.41. The number of nitrogens with one attached hydrogen (secondary N) is 1. The summed E-state index contributed by atoms with van der Waals surface area (Å²) in [4.78, 5) is 8.97. The van der Waals surface area contributed by atoms with Gasteiger partial charge in [-0.1, -0.05) is 30.9 Å². The fourth-order valence-corrected chi connectivity index (χ4v) is 3.06. The van der Waals surface area contributed by atoms with Crippen molar-refractivity contribution >= 4 is 17.5 Å². The molecule has 1 aliphatic carbocycles. The summed E-state index contributed by atoms with van der Waals surface area (Å²) in [6, 6.07) is 7.89. The highest BCUT2D eigenvalue weighted by atomic mass is 35.5. The van der Waals surface area contributed by atoms with E-state index in [0.29, 0.717) is 17.0 Å². The molecule has 0 aliphatic heterocycles. The molecule has 0 unspecified atom stereocenters. The standard InChI is InChI=1S/C17H20ClN3O/c1-22-16-8-7-12(18)11-14(16)15-9-10-19-17(21-15)20-13-5-3-2-4-6-13/h7-11,13H,2-6H2,1H3,(H,19,20,21). The third kappa shape index (κ3) is 3.50. The van der Waals surface area contributed by atoms with Crippen molar-refractivity contribution in [2.45, 2.75) is 38.1 Å². The van der Waals surface area contributed by atoms with Crippen LogP contribution in [0.2, 0.25) is 5.02 Å². The number of nitrogens with zero attached hydrogens (tertiary/aromatic N) is 2. The summed E-state index contributed by atoms with van der Waals surface area (Å²) in [6.07, 6.45) is 8.04. The summed E-state index contributed by atoms with van der Waals surface area (Å²) in [5, 5.41) is 4.11. The number of methoxy groups -OCH3 is 1. The van der Waals surface area contributed by atoms with Crippen molar-refractivity contribution < 1.29 is 4.74 Å². The fourth-order valence-electron chi connectivity index (χ4n) is 2.89. The Morgan fingerprint density at radius 2 is 2.00 bits per heavy atom. The van der Waals surface area contributed by atoms with Gasteiger partial charge in [-0.05, 0) is 37.1 Å². The Hall–Kier alpha value is -1.81. The monoisotopic (exact) mass is 317 g/mol. The van der Waals surface area contributed by atoms with Crippen LogP contribution in [0.25, 0.3) is 11.3 Å². The zero-order valence-electron chi connectivity index (χ0n) is 12.7. The zero-order chi connectivity index (χ0) is 15.4. The average Bonchev–Trinajstić information content (AvgIpc) is 2.56. The molecule has 0 radical (unpaired) electrons. The van der Waals surface area contributed by atoms with Crippen molar-refractivity contribution in [3.05, 3.63) is 35.5 Å². The van der Waals surface area contributed by atoms with Crippen LogP contribution in [0.4, 0.5) is 5.95 Å². The van der Waals surface area contributed by atoms with Gasteiger partial charge < -0.3 is 10.1 Å². The molecule has 1 N–H and O–H groups in total. The third-order valence-electron chi connectivity index (χ3n) is 4.03. The van der Waals surface area contributed by atoms with Crippen molar-refractivity contribution in [2.24, 2.45) is 0 Å². The summed E-state index contributed by atoms with van der Waals surface area (Å²) in [5.41, 5.74) is 1.69. The number of ether oxygens (including phenoxy) is 1. The molecule has 116 valence electrons. The first-order valence-corrected chi connectivity index (χ1v) is 8.07. The van der Waals surface area contributed by atoms with Gasteiger partial charge in [0, 0.05) is 22.8 Å². The van der Waals surface area contributed by atoms with Gasteiger partial charge >= 0.3 is 0 Å². The molecule has 1 aromatic carbocycles. The zero-order valence-corrected chi connectivity index (χ0v) is 13.4. The van der Waals surface area contributed by atoms with Crippen LogP contribution in [-0.2, 0) is 0 Å². The van der Waals surface area contributed by atoms with E-state index in [0.717, 1.165) is 17.0 Å². The molecule has 0 amide bonds. The molecular weight excluding hydrogens is 298 g/mol. The van der Waals surface area contributed by atoms with E-state index >= 15 is 0 Å². The second kappa shape index (κ2) is 6.97. The van der Waals surface area contributed by atoms with Crippen molar-refractivity contribution in [3.8, 4) is 17.0 Å². The second-order valence-corrected chi connectivity index (χ2v) is 6.03. The minimum Gasteiger partial charge on any atom is -0.496 e. The van der Waals surface area contributed by atoms with Crippen LogP contribution >= 0.6 is 11.6 Å². The largest absolute Gasteiger partial charge is 0.496 e. The van der Waals surface area contributed by atoms with Crippen molar-refractivity contribution in [2.75, 3.05) is 12.4 Å². The molecule has 0 saturated heterocycles. The predicted octanol–water partition coefficient (Wildman–Crippen LogP) is 4.55. The Morgan fingerprint density at radius 3 is 2.77 bits per heavy atom. The number of benzene rings is 1. The van der Waals surface area contributed by atoms with Crippen LogP contribution < -0.4 is 10.1 Å². The molecule has 3 rings (SSSR count). The molecule has 0 atom stereocenters. The van der Waals surface area contributed by atoms with E-state index in [1.54, 1.807) is 13.3 Å². The van der Waals surface area contributed by atoms with E-state index in [1.807, 2.05) is 24.3 Å². The number of anilines is 1. The predicted molar refractivity (Wildman–Crippen MR) is 89.5 cm³/mol. The van der Waals surface area contributed by atoms with Crippen LogP contribution in [-0.4, -0.2) is 23.1 Å². The van der Waals surface area contributed by atoms with E-state index in [1.165, 1.54) is 32.1 Å².